The molecule has 0 saturated heterocycles. The number of nitrogens with zero attached hydrogens (tertiary/aromatic N) is 2. The average molecular weight is 569 g/mol. The molecule has 6 aromatic carbocycles. The summed E-state index contributed by atoms with van der Waals surface area (Å²) < 4.78 is 0. The highest BCUT2D eigenvalue weighted by molar-refractivity contribution is 5.96. The lowest BCUT2D eigenvalue weighted by Gasteiger charge is -2.33. The maximum Gasteiger partial charge on any atom is 0.0727 e. The zero-order valence-electron chi connectivity index (χ0n) is 25.6. The van der Waals surface area contributed by atoms with E-state index in [1.807, 2.05) is 0 Å². The van der Waals surface area contributed by atoms with Crippen molar-refractivity contribution in [1.82, 2.24) is 0 Å². The monoisotopic (exact) mass is 568 g/mol. The summed E-state index contributed by atoms with van der Waals surface area (Å²) in [5.74, 6) is 0. The fourth-order valence-corrected chi connectivity index (χ4v) is 7.77. The number of hydrogen-bond donors (Lipinski definition) is 0. The molecule has 0 saturated carbocycles. The molecule has 214 valence electrons. The molecule has 0 N–H and O–H groups in total. The number of hydrogen-bond acceptors (Lipinski definition) is 2. The highest BCUT2D eigenvalue weighted by Gasteiger charge is 2.51. The van der Waals surface area contributed by atoms with Crippen LogP contribution < -0.4 is 9.80 Å². The molecule has 0 fully saturated rings. The van der Waals surface area contributed by atoms with Crippen LogP contribution in [0, 0.1) is 0 Å². The van der Waals surface area contributed by atoms with Gasteiger partial charge in [-0.2, -0.15) is 0 Å². The minimum Gasteiger partial charge on any atom is -0.375 e. The van der Waals surface area contributed by atoms with E-state index in [4.69, 9.17) is 0 Å². The number of benzene rings is 6. The number of anilines is 3. The fraction of sp³-hybridized carbons (Fsp3) is 0.143. The van der Waals surface area contributed by atoms with Gasteiger partial charge in [-0.1, -0.05) is 109 Å². The summed E-state index contributed by atoms with van der Waals surface area (Å²) in [5, 5.41) is 0. The van der Waals surface area contributed by atoms with Crippen molar-refractivity contribution in [2.75, 3.05) is 29.9 Å². The van der Waals surface area contributed by atoms with Crippen molar-refractivity contribution in [3.8, 4) is 33.4 Å². The molecule has 2 heteroatoms. The number of para-hydroxylation sites is 1. The van der Waals surface area contributed by atoms with Gasteiger partial charge in [-0.15, -0.1) is 0 Å². The fourth-order valence-electron chi connectivity index (χ4n) is 7.77. The van der Waals surface area contributed by atoms with Crippen molar-refractivity contribution >= 4 is 17.1 Å². The van der Waals surface area contributed by atoms with Gasteiger partial charge in [-0.3, -0.25) is 0 Å². The zero-order valence-corrected chi connectivity index (χ0v) is 25.6. The maximum atomic E-state index is 2.49. The standard InChI is InChI=1S/C42H36N2/c1-4-43(3)30-23-25-35-36-26-24-31(44(5-2)41-22-14-11-17-32(41)29-15-7-6-8-16-29)28-40(36)42(39(35)27-30)37-20-12-9-18-33(37)34-19-10-13-21-38(34)42/h6-28H,4-5H2,1-3H3. The van der Waals surface area contributed by atoms with Crippen LogP contribution in [0.25, 0.3) is 33.4 Å². The second-order valence-corrected chi connectivity index (χ2v) is 11.9. The lowest BCUT2D eigenvalue weighted by Crippen LogP contribution is -2.27. The molecular weight excluding hydrogens is 532 g/mol. The van der Waals surface area contributed by atoms with Gasteiger partial charge in [0.2, 0.25) is 0 Å². The van der Waals surface area contributed by atoms with Gasteiger partial charge in [-0.25, -0.2) is 0 Å². The van der Waals surface area contributed by atoms with Gasteiger partial charge in [-0.05, 0) is 94.3 Å². The molecule has 0 radical (unpaired) electrons. The average Bonchev–Trinajstić information content (AvgIpc) is 3.55. The predicted octanol–water partition coefficient (Wildman–Crippen LogP) is 10.3. The molecule has 8 rings (SSSR count). The molecule has 0 unspecified atom stereocenters. The van der Waals surface area contributed by atoms with Crippen molar-refractivity contribution in [3.05, 3.63) is 162 Å². The van der Waals surface area contributed by atoms with E-state index in [1.54, 1.807) is 0 Å². The normalized spacial score (nSPS) is 13.2. The Labute approximate surface area is 260 Å². The minimum atomic E-state index is -0.378. The second-order valence-electron chi connectivity index (χ2n) is 11.9. The summed E-state index contributed by atoms with van der Waals surface area (Å²) in [6.45, 7) is 6.30. The first kappa shape index (κ1) is 26.5. The molecule has 2 nitrogen and oxygen atoms in total. The van der Waals surface area contributed by atoms with Crippen LogP contribution in [-0.4, -0.2) is 20.1 Å². The predicted molar refractivity (Wildman–Crippen MR) is 186 cm³/mol. The Morgan fingerprint density at radius 2 is 0.955 bits per heavy atom. The van der Waals surface area contributed by atoms with Crippen LogP contribution in [0.4, 0.5) is 17.1 Å². The van der Waals surface area contributed by atoms with E-state index >= 15 is 0 Å². The van der Waals surface area contributed by atoms with Crippen LogP contribution in [0.1, 0.15) is 36.1 Å². The second kappa shape index (κ2) is 10.3. The highest BCUT2D eigenvalue weighted by Crippen LogP contribution is 2.63. The molecule has 44 heavy (non-hydrogen) atoms. The quantitative estimate of drug-likeness (QED) is 0.197. The largest absolute Gasteiger partial charge is 0.375 e. The Morgan fingerprint density at radius 3 is 1.57 bits per heavy atom. The molecule has 0 aromatic heterocycles. The van der Waals surface area contributed by atoms with Crippen LogP contribution in [-0.2, 0) is 5.41 Å². The van der Waals surface area contributed by atoms with Gasteiger partial charge in [0, 0.05) is 42.8 Å². The van der Waals surface area contributed by atoms with Crippen LogP contribution in [0.3, 0.4) is 0 Å². The lowest BCUT2D eigenvalue weighted by atomic mass is 9.70. The zero-order chi connectivity index (χ0) is 29.8. The lowest BCUT2D eigenvalue weighted by molar-refractivity contribution is 0.791. The van der Waals surface area contributed by atoms with Gasteiger partial charge in [0.05, 0.1) is 5.41 Å². The molecule has 6 aromatic rings. The summed E-state index contributed by atoms with van der Waals surface area (Å²) in [4.78, 5) is 4.82. The Hall–Kier alpha value is -5.08. The Morgan fingerprint density at radius 1 is 0.455 bits per heavy atom. The van der Waals surface area contributed by atoms with Crippen molar-refractivity contribution in [1.29, 1.82) is 0 Å². The topological polar surface area (TPSA) is 6.48 Å². The Bertz CT molecular complexity index is 1980. The summed E-state index contributed by atoms with van der Waals surface area (Å²) in [5.41, 5.74) is 16.6. The van der Waals surface area contributed by atoms with Gasteiger partial charge < -0.3 is 9.80 Å². The van der Waals surface area contributed by atoms with Crippen LogP contribution in [0.5, 0.6) is 0 Å². The first-order chi connectivity index (χ1) is 21.7. The summed E-state index contributed by atoms with van der Waals surface area (Å²) >= 11 is 0. The van der Waals surface area contributed by atoms with Gasteiger partial charge >= 0.3 is 0 Å². The smallest absolute Gasteiger partial charge is 0.0727 e. The third kappa shape index (κ3) is 3.67. The molecule has 0 amide bonds. The van der Waals surface area contributed by atoms with E-state index in [1.165, 1.54) is 72.7 Å². The molecule has 1 spiro atoms. The van der Waals surface area contributed by atoms with E-state index in [2.05, 4.69) is 170 Å². The van der Waals surface area contributed by atoms with E-state index in [-0.39, 0.29) is 5.41 Å². The van der Waals surface area contributed by atoms with Crippen molar-refractivity contribution < 1.29 is 0 Å². The molecule has 2 aliphatic rings. The molecule has 2 aliphatic carbocycles. The Kier molecular flexibility index (Phi) is 6.20. The highest BCUT2D eigenvalue weighted by atomic mass is 15.1. The summed E-state index contributed by atoms with van der Waals surface area (Å²) in [7, 11) is 2.19. The van der Waals surface area contributed by atoms with Crippen LogP contribution in [0.2, 0.25) is 0 Å². The minimum absolute atomic E-state index is 0.378. The van der Waals surface area contributed by atoms with Crippen LogP contribution in [0.15, 0.2) is 140 Å². The molecule has 0 bridgehead atoms. The van der Waals surface area contributed by atoms with Crippen molar-refractivity contribution in [2.24, 2.45) is 0 Å². The molecular formula is C42H36N2. The molecule has 0 atom stereocenters. The van der Waals surface area contributed by atoms with E-state index in [9.17, 15) is 0 Å². The Balaban J connectivity index is 1.40. The first-order valence-electron chi connectivity index (χ1n) is 15.8. The van der Waals surface area contributed by atoms with Crippen molar-refractivity contribution in [3.63, 3.8) is 0 Å². The van der Waals surface area contributed by atoms with E-state index in [0.29, 0.717) is 0 Å². The summed E-state index contributed by atoms with van der Waals surface area (Å²) in [6, 6.07) is 52.0. The SMILES string of the molecule is CCN(C)c1ccc2c(c1)C1(c3ccccc3-c3ccccc31)c1cc(N(CC)c3ccccc3-c3ccccc3)ccc1-2. The van der Waals surface area contributed by atoms with Gasteiger partial charge in [0.25, 0.3) is 0 Å². The van der Waals surface area contributed by atoms with Gasteiger partial charge in [0.1, 0.15) is 0 Å². The first-order valence-corrected chi connectivity index (χ1v) is 15.8. The third-order valence-corrected chi connectivity index (χ3v) is 9.88. The third-order valence-electron chi connectivity index (χ3n) is 9.88. The summed E-state index contributed by atoms with van der Waals surface area (Å²) in [6.07, 6.45) is 0. The maximum absolute atomic E-state index is 2.49. The molecule has 0 heterocycles. The number of rotatable bonds is 6. The van der Waals surface area contributed by atoms with Crippen LogP contribution >= 0.6 is 0 Å². The van der Waals surface area contributed by atoms with Crippen molar-refractivity contribution in [2.45, 2.75) is 19.3 Å². The molecule has 0 aliphatic heterocycles. The van der Waals surface area contributed by atoms with E-state index < -0.39 is 0 Å². The number of fused-ring (bicyclic) bond motifs is 10. The van der Waals surface area contributed by atoms with Gasteiger partial charge in [0.15, 0.2) is 0 Å². The van der Waals surface area contributed by atoms with E-state index in [0.717, 1.165) is 13.1 Å².